The van der Waals surface area contributed by atoms with Crippen LogP contribution in [0, 0.1) is 19.3 Å². The number of aryl methyl sites for hydroxylation is 2. The maximum absolute atomic E-state index is 12.1. The summed E-state index contributed by atoms with van der Waals surface area (Å²) in [6, 6.07) is 0. The Balaban J connectivity index is 2.02. The average molecular weight is 292 g/mol. The van der Waals surface area contributed by atoms with Crippen molar-refractivity contribution in [2.24, 2.45) is 5.41 Å². The van der Waals surface area contributed by atoms with Gasteiger partial charge in [-0.05, 0) is 32.1 Å². The van der Waals surface area contributed by atoms with Crippen molar-refractivity contribution < 1.29 is 14.7 Å². The van der Waals surface area contributed by atoms with Crippen LogP contribution in [0.5, 0.6) is 0 Å². The number of carbonyl (C=O) groups is 2. The minimum Gasteiger partial charge on any atom is -0.481 e. The van der Waals surface area contributed by atoms with Gasteiger partial charge >= 0.3 is 5.97 Å². The Hall–Kier alpha value is -2.05. The van der Waals surface area contributed by atoms with Crippen molar-refractivity contribution in [1.29, 1.82) is 0 Å². The SMILES string of the molecule is Cc1nnc(NC(=O)CC2(CC(=O)O)CCCC2)nc1C. The van der Waals surface area contributed by atoms with E-state index in [2.05, 4.69) is 20.5 Å². The number of aromatic nitrogens is 3. The van der Waals surface area contributed by atoms with E-state index in [1.807, 2.05) is 0 Å². The number of amides is 1. The second kappa shape index (κ2) is 6.15. The molecule has 1 aliphatic rings. The maximum Gasteiger partial charge on any atom is 0.303 e. The van der Waals surface area contributed by atoms with Gasteiger partial charge in [0.2, 0.25) is 11.9 Å². The summed E-state index contributed by atoms with van der Waals surface area (Å²) in [6.07, 6.45) is 3.73. The monoisotopic (exact) mass is 292 g/mol. The highest BCUT2D eigenvalue weighted by atomic mass is 16.4. The van der Waals surface area contributed by atoms with Crippen LogP contribution in [0.25, 0.3) is 0 Å². The zero-order chi connectivity index (χ0) is 15.5. The summed E-state index contributed by atoms with van der Waals surface area (Å²) in [6.45, 7) is 3.59. The highest BCUT2D eigenvalue weighted by Crippen LogP contribution is 2.44. The van der Waals surface area contributed by atoms with Crippen molar-refractivity contribution in [3.8, 4) is 0 Å². The summed E-state index contributed by atoms with van der Waals surface area (Å²) in [4.78, 5) is 27.3. The van der Waals surface area contributed by atoms with E-state index in [1.165, 1.54) is 0 Å². The molecule has 21 heavy (non-hydrogen) atoms. The zero-order valence-electron chi connectivity index (χ0n) is 12.3. The molecule has 2 rings (SSSR count). The normalized spacial score (nSPS) is 16.7. The fraction of sp³-hybridized carbons (Fsp3) is 0.643. The zero-order valence-corrected chi connectivity index (χ0v) is 12.3. The molecule has 0 unspecified atom stereocenters. The van der Waals surface area contributed by atoms with Gasteiger partial charge in [0.15, 0.2) is 0 Å². The van der Waals surface area contributed by atoms with E-state index < -0.39 is 11.4 Å². The second-order valence-corrected chi connectivity index (χ2v) is 5.81. The average Bonchev–Trinajstić information content (AvgIpc) is 2.80. The Morgan fingerprint density at radius 1 is 1.14 bits per heavy atom. The number of anilines is 1. The van der Waals surface area contributed by atoms with Gasteiger partial charge in [0, 0.05) is 6.42 Å². The molecule has 114 valence electrons. The van der Waals surface area contributed by atoms with E-state index in [0.29, 0.717) is 11.4 Å². The van der Waals surface area contributed by atoms with Crippen LogP contribution in [-0.2, 0) is 9.59 Å². The number of carbonyl (C=O) groups excluding carboxylic acids is 1. The third-order valence-corrected chi connectivity index (χ3v) is 4.07. The molecule has 1 aliphatic carbocycles. The Morgan fingerprint density at radius 3 is 2.38 bits per heavy atom. The van der Waals surface area contributed by atoms with Crippen molar-refractivity contribution >= 4 is 17.8 Å². The first kappa shape index (κ1) is 15.3. The predicted molar refractivity (Wildman–Crippen MR) is 75.7 cm³/mol. The van der Waals surface area contributed by atoms with E-state index in [4.69, 9.17) is 5.11 Å². The Morgan fingerprint density at radius 2 is 1.81 bits per heavy atom. The molecule has 0 radical (unpaired) electrons. The van der Waals surface area contributed by atoms with Crippen LogP contribution in [-0.4, -0.2) is 32.2 Å². The number of aliphatic carboxylic acids is 1. The topological polar surface area (TPSA) is 105 Å². The molecule has 1 fully saturated rings. The van der Waals surface area contributed by atoms with Crippen LogP contribution in [0.15, 0.2) is 0 Å². The summed E-state index contributed by atoms with van der Waals surface area (Å²) < 4.78 is 0. The summed E-state index contributed by atoms with van der Waals surface area (Å²) in [7, 11) is 0. The molecule has 2 N–H and O–H groups in total. The summed E-state index contributed by atoms with van der Waals surface area (Å²) in [5.41, 5.74) is 0.996. The summed E-state index contributed by atoms with van der Waals surface area (Å²) in [5.74, 6) is -0.927. The maximum atomic E-state index is 12.1. The van der Waals surface area contributed by atoms with Gasteiger partial charge in [-0.25, -0.2) is 4.98 Å². The number of rotatable bonds is 5. The van der Waals surface area contributed by atoms with Crippen LogP contribution in [0.1, 0.15) is 49.9 Å². The van der Waals surface area contributed by atoms with Crippen LogP contribution in [0.4, 0.5) is 5.95 Å². The third-order valence-electron chi connectivity index (χ3n) is 4.07. The highest BCUT2D eigenvalue weighted by Gasteiger charge is 2.38. The Bertz CT molecular complexity index is 553. The molecular weight excluding hydrogens is 272 g/mol. The van der Waals surface area contributed by atoms with Crippen LogP contribution < -0.4 is 5.32 Å². The lowest BCUT2D eigenvalue weighted by atomic mass is 9.79. The minimum atomic E-state index is -0.853. The second-order valence-electron chi connectivity index (χ2n) is 5.81. The first-order chi connectivity index (χ1) is 9.90. The molecule has 1 saturated carbocycles. The van der Waals surface area contributed by atoms with Gasteiger partial charge in [0.05, 0.1) is 17.8 Å². The number of carboxylic acid groups (broad SMARTS) is 1. The van der Waals surface area contributed by atoms with Crippen LogP contribution in [0.2, 0.25) is 0 Å². The van der Waals surface area contributed by atoms with Gasteiger partial charge < -0.3 is 5.11 Å². The van der Waals surface area contributed by atoms with Gasteiger partial charge in [0.25, 0.3) is 0 Å². The van der Waals surface area contributed by atoms with Gasteiger partial charge in [-0.3, -0.25) is 14.9 Å². The van der Waals surface area contributed by atoms with Gasteiger partial charge in [-0.2, -0.15) is 5.10 Å². The quantitative estimate of drug-likeness (QED) is 0.858. The standard InChI is InChI=1S/C14H20N4O3/c1-9-10(2)17-18-13(15-9)16-11(19)7-14(8-12(20)21)5-3-4-6-14/h3-8H2,1-2H3,(H,20,21)(H,15,16,18,19). The van der Waals surface area contributed by atoms with Crippen molar-refractivity contribution in [2.75, 3.05) is 5.32 Å². The van der Waals surface area contributed by atoms with Gasteiger partial charge in [-0.1, -0.05) is 12.8 Å². The van der Waals surface area contributed by atoms with Crippen LogP contribution in [0.3, 0.4) is 0 Å². The summed E-state index contributed by atoms with van der Waals surface area (Å²) in [5, 5.41) is 19.4. The molecule has 1 aromatic rings. The molecular formula is C14H20N4O3. The molecule has 1 heterocycles. The number of hydrogen-bond acceptors (Lipinski definition) is 5. The fourth-order valence-corrected chi connectivity index (χ4v) is 2.88. The molecule has 0 aromatic carbocycles. The molecule has 0 bridgehead atoms. The molecule has 0 atom stereocenters. The van der Waals surface area contributed by atoms with E-state index in [-0.39, 0.29) is 24.7 Å². The Labute approximate surface area is 123 Å². The Kier molecular flexibility index (Phi) is 4.50. The highest BCUT2D eigenvalue weighted by molar-refractivity contribution is 5.89. The van der Waals surface area contributed by atoms with Gasteiger partial charge in [0.1, 0.15) is 0 Å². The smallest absolute Gasteiger partial charge is 0.303 e. The van der Waals surface area contributed by atoms with E-state index in [9.17, 15) is 9.59 Å². The van der Waals surface area contributed by atoms with E-state index in [1.54, 1.807) is 13.8 Å². The molecule has 0 spiro atoms. The lowest BCUT2D eigenvalue weighted by Gasteiger charge is -2.26. The number of carboxylic acids is 1. The number of nitrogens with zero attached hydrogens (tertiary/aromatic N) is 3. The lowest BCUT2D eigenvalue weighted by Crippen LogP contribution is -2.28. The molecule has 0 saturated heterocycles. The fourth-order valence-electron chi connectivity index (χ4n) is 2.88. The van der Waals surface area contributed by atoms with E-state index >= 15 is 0 Å². The number of hydrogen-bond donors (Lipinski definition) is 2. The molecule has 1 amide bonds. The molecule has 7 nitrogen and oxygen atoms in total. The minimum absolute atomic E-state index is 0.0342. The molecule has 1 aromatic heterocycles. The van der Waals surface area contributed by atoms with E-state index in [0.717, 1.165) is 25.7 Å². The van der Waals surface area contributed by atoms with Crippen molar-refractivity contribution in [1.82, 2.24) is 15.2 Å². The largest absolute Gasteiger partial charge is 0.481 e. The third kappa shape index (κ3) is 3.96. The number of nitrogens with one attached hydrogen (secondary N) is 1. The predicted octanol–water partition coefficient (Wildman–Crippen LogP) is 1.85. The van der Waals surface area contributed by atoms with Crippen molar-refractivity contribution in [3.05, 3.63) is 11.4 Å². The van der Waals surface area contributed by atoms with Crippen LogP contribution >= 0.6 is 0 Å². The first-order valence-electron chi connectivity index (χ1n) is 7.10. The van der Waals surface area contributed by atoms with Crippen molar-refractivity contribution in [3.63, 3.8) is 0 Å². The van der Waals surface area contributed by atoms with Crippen molar-refractivity contribution in [2.45, 2.75) is 52.4 Å². The molecule has 7 heteroatoms. The molecule has 0 aliphatic heterocycles. The summed E-state index contributed by atoms with van der Waals surface area (Å²) >= 11 is 0. The first-order valence-corrected chi connectivity index (χ1v) is 7.10. The van der Waals surface area contributed by atoms with Gasteiger partial charge in [-0.15, -0.1) is 5.10 Å². The lowest BCUT2D eigenvalue weighted by molar-refractivity contribution is -0.140.